The number of benzene rings is 3. The van der Waals surface area contributed by atoms with Crippen LogP contribution in [0.5, 0.6) is 0 Å². The van der Waals surface area contributed by atoms with E-state index in [1.165, 1.54) is 12.1 Å². The number of nitro benzene ring substituents is 2. The number of non-ortho nitro benzene ring substituents is 2. The number of carbonyl (C=O) groups is 3. The average Bonchev–Trinajstić information content (AvgIpc) is 2.71. The van der Waals surface area contributed by atoms with E-state index in [1.807, 2.05) is 0 Å². The quantitative estimate of drug-likeness (QED) is 0.363. The molecule has 0 atom stereocenters. The van der Waals surface area contributed by atoms with E-state index < -0.39 is 39.0 Å². The second-order valence-corrected chi connectivity index (χ2v) is 6.92. The Balaban J connectivity index is 2.03. The van der Waals surface area contributed by atoms with Crippen LogP contribution in [-0.2, 0) is 0 Å². The largest absolute Gasteiger partial charge is 0.478 e. The Labute approximate surface area is 176 Å². The maximum atomic E-state index is 13.1. The van der Waals surface area contributed by atoms with Gasteiger partial charge in [0.25, 0.3) is 23.2 Å². The molecule has 1 aliphatic rings. The molecule has 0 aromatic heterocycles. The van der Waals surface area contributed by atoms with Gasteiger partial charge in [0.1, 0.15) is 0 Å². The molecule has 0 fully saturated rings. The zero-order chi connectivity index (χ0) is 22.6. The number of hydrogen-bond acceptors (Lipinski definition) is 7. The minimum Gasteiger partial charge on any atom is -0.478 e. The van der Waals surface area contributed by atoms with Crippen LogP contribution >= 0.6 is 11.6 Å². The molecule has 2 amide bonds. The number of hydrogen-bond donors (Lipinski definition) is 1. The van der Waals surface area contributed by atoms with Crippen molar-refractivity contribution in [2.24, 2.45) is 0 Å². The molecule has 154 valence electrons. The highest BCUT2D eigenvalue weighted by molar-refractivity contribution is 6.37. The Morgan fingerprint density at radius 1 is 0.903 bits per heavy atom. The lowest BCUT2D eigenvalue weighted by atomic mass is 9.92. The van der Waals surface area contributed by atoms with Crippen LogP contribution < -0.4 is 4.90 Å². The molecule has 1 N–H and O–H groups in total. The molecule has 1 aliphatic heterocycles. The second kappa shape index (κ2) is 6.85. The summed E-state index contributed by atoms with van der Waals surface area (Å²) in [6.07, 6.45) is 0. The molecular formula is C19H8ClN3O8. The van der Waals surface area contributed by atoms with Gasteiger partial charge in [0.15, 0.2) is 0 Å². The summed E-state index contributed by atoms with van der Waals surface area (Å²) < 4.78 is 0. The molecule has 0 saturated heterocycles. The predicted molar refractivity (Wildman–Crippen MR) is 107 cm³/mol. The van der Waals surface area contributed by atoms with Gasteiger partial charge in [-0.2, -0.15) is 0 Å². The van der Waals surface area contributed by atoms with Gasteiger partial charge in [-0.3, -0.25) is 29.8 Å². The molecule has 3 aromatic carbocycles. The van der Waals surface area contributed by atoms with Crippen LogP contribution in [0, 0.1) is 20.2 Å². The summed E-state index contributed by atoms with van der Waals surface area (Å²) >= 11 is 5.84. The highest BCUT2D eigenvalue weighted by atomic mass is 35.5. The topological polar surface area (TPSA) is 161 Å². The maximum Gasteiger partial charge on any atom is 0.337 e. The third-order valence-corrected chi connectivity index (χ3v) is 5.08. The fraction of sp³-hybridized carbons (Fsp3) is 0. The molecule has 0 saturated carbocycles. The maximum absolute atomic E-state index is 13.1. The third-order valence-electron chi connectivity index (χ3n) is 4.75. The van der Waals surface area contributed by atoms with Gasteiger partial charge in [-0.15, -0.1) is 0 Å². The van der Waals surface area contributed by atoms with Crippen molar-refractivity contribution < 1.29 is 29.3 Å². The van der Waals surface area contributed by atoms with Crippen LogP contribution in [0.4, 0.5) is 17.1 Å². The van der Waals surface area contributed by atoms with Crippen molar-refractivity contribution in [3.05, 3.63) is 84.4 Å². The zero-order valence-corrected chi connectivity index (χ0v) is 15.8. The van der Waals surface area contributed by atoms with E-state index in [0.717, 1.165) is 30.3 Å². The minimum absolute atomic E-state index is 0.0166. The molecule has 4 rings (SSSR count). The van der Waals surface area contributed by atoms with Crippen LogP contribution in [0.25, 0.3) is 10.8 Å². The number of carboxylic acid groups (broad SMARTS) is 1. The first-order chi connectivity index (χ1) is 14.6. The summed E-state index contributed by atoms with van der Waals surface area (Å²) in [6.45, 7) is 0. The van der Waals surface area contributed by atoms with Gasteiger partial charge in [0.05, 0.1) is 37.2 Å². The Morgan fingerprint density at radius 2 is 1.42 bits per heavy atom. The number of anilines is 1. The Hall–Kier alpha value is -4.38. The van der Waals surface area contributed by atoms with Crippen molar-refractivity contribution in [3.63, 3.8) is 0 Å². The predicted octanol–water partition coefficient (Wildman–Crippen LogP) is 3.81. The fourth-order valence-electron chi connectivity index (χ4n) is 3.42. The summed E-state index contributed by atoms with van der Waals surface area (Å²) in [5.74, 6) is -3.30. The number of carbonyl (C=O) groups excluding carboxylic acids is 2. The molecule has 31 heavy (non-hydrogen) atoms. The minimum atomic E-state index is -1.41. The van der Waals surface area contributed by atoms with Gasteiger partial charge >= 0.3 is 5.97 Å². The molecule has 0 bridgehead atoms. The SMILES string of the molecule is O=C(O)c1cc(N2C(=O)c3cc([N+](=O)[O-])cc4cc([N+](=O)[O-])cc(c34)C2=O)ccc1Cl. The molecular weight excluding hydrogens is 434 g/mol. The zero-order valence-electron chi connectivity index (χ0n) is 15.1. The van der Waals surface area contributed by atoms with Gasteiger partial charge in [0, 0.05) is 29.7 Å². The molecule has 0 radical (unpaired) electrons. The van der Waals surface area contributed by atoms with Gasteiger partial charge in [0.2, 0.25) is 0 Å². The van der Waals surface area contributed by atoms with E-state index >= 15 is 0 Å². The Bertz CT molecular complexity index is 1320. The van der Waals surface area contributed by atoms with E-state index in [1.54, 1.807) is 0 Å². The van der Waals surface area contributed by atoms with Crippen LogP contribution in [0.15, 0.2) is 42.5 Å². The van der Waals surface area contributed by atoms with E-state index in [-0.39, 0.29) is 38.2 Å². The Morgan fingerprint density at radius 3 is 1.87 bits per heavy atom. The second-order valence-electron chi connectivity index (χ2n) is 6.51. The van der Waals surface area contributed by atoms with Crippen molar-refractivity contribution in [1.29, 1.82) is 0 Å². The van der Waals surface area contributed by atoms with Crippen molar-refractivity contribution in [2.75, 3.05) is 4.90 Å². The number of amides is 2. The molecule has 0 aliphatic carbocycles. The van der Waals surface area contributed by atoms with Crippen molar-refractivity contribution in [1.82, 2.24) is 0 Å². The lowest BCUT2D eigenvalue weighted by Crippen LogP contribution is -2.40. The van der Waals surface area contributed by atoms with E-state index in [2.05, 4.69) is 0 Å². The average molecular weight is 442 g/mol. The summed E-state index contributed by atoms with van der Waals surface area (Å²) in [5, 5.41) is 31.8. The number of carboxylic acids is 1. The van der Waals surface area contributed by atoms with E-state index in [0.29, 0.717) is 4.90 Å². The van der Waals surface area contributed by atoms with Gasteiger partial charge in [-0.05, 0) is 23.6 Å². The first kappa shape index (κ1) is 19.9. The molecule has 1 heterocycles. The third kappa shape index (κ3) is 3.04. The number of imide groups is 1. The van der Waals surface area contributed by atoms with Crippen molar-refractivity contribution in [2.45, 2.75) is 0 Å². The summed E-state index contributed by atoms with van der Waals surface area (Å²) in [4.78, 5) is 59.4. The molecule has 0 spiro atoms. The van der Waals surface area contributed by atoms with Gasteiger partial charge in [-0.1, -0.05) is 11.6 Å². The number of halogens is 1. The lowest BCUT2D eigenvalue weighted by molar-refractivity contribution is -0.385. The van der Waals surface area contributed by atoms with Crippen LogP contribution in [0.3, 0.4) is 0 Å². The van der Waals surface area contributed by atoms with E-state index in [4.69, 9.17) is 11.6 Å². The highest BCUT2D eigenvalue weighted by Crippen LogP contribution is 2.38. The number of rotatable bonds is 4. The lowest BCUT2D eigenvalue weighted by Gasteiger charge is -2.27. The number of nitro groups is 2. The molecule has 11 nitrogen and oxygen atoms in total. The number of nitrogens with zero attached hydrogens (tertiary/aromatic N) is 3. The van der Waals surface area contributed by atoms with Crippen molar-refractivity contribution in [3.8, 4) is 0 Å². The fourth-order valence-corrected chi connectivity index (χ4v) is 3.61. The molecule has 12 heteroatoms. The summed E-state index contributed by atoms with van der Waals surface area (Å²) in [6, 6.07) is 7.40. The molecule has 0 unspecified atom stereocenters. The Kier molecular flexibility index (Phi) is 4.40. The monoisotopic (exact) mass is 441 g/mol. The van der Waals surface area contributed by atoms with Gasteiger partial charge in [-0.25, -0.2) is 9.69 Å². The van der Waals surface area contributed by atoms with E-state index in [9.17, 15) is 39.7 Å². The molecule has 3 aromatic rings. The van der Waals surface area contributed by atoms with Crippen LogP contribution in [0.1, 0.15) is 31.1 Å². The summed E-state index contributed by atoms with van der Waals surface area (Å²) in [7, 11) is 0. The van der Waals surface area contributed by atoms with Crippen LogP contribution in [0.2, 0.25) is 5.02 Å². The van der Waals surface area contributed by atoms with Crippen molar-refractivity contribution >= 4 is 57.2 Å². The standard InChI is InChI=1S/C19H8ClN3O8/c20-15-2-1-9(5-12(15)19(26)27)21-17(24)13-6-10(22(28)29)3-8-4-11(23(30)31)7-14(16(8)13)18(21)25/h1-7H,(H,26,27). The number of aromatic carboxylic acids is 1. The smallest absolute Gasteiger partial charge is 0.337 e. The van der Waals surface area contributed by atoms with Gasteiger partial charge < -0.3 is 5.11 Å². The normalized spacial score (nSPS) is 12.9. The van der Waals surface area contributed by atoms with Crippen LogP contribution in [-0.4, -0.2) is 32.7 Å². The summed E-state index contributed by atoms with van der Waals surface area (Å²) in [5.41, 5.74) is -1.98. The first-order valence-electron chi connectivity index (χ1n) is 8.42. The first-order valence-corrected chi connectivity index (χ1v) is 8.80. The highest BCUT2D eigenvalue weighted by Gasteiger charge is 2.37.